The highest BCUT2D eigenvalue weighted by Gasteiger charge is 2.25. The van der Waals surface area contributed by atoms with Crippen molar-refractivity contribution in [3.63, 3.8) is 0 Å². The third kappa shape index (κ3) is 2.13. The van der Waals surface area contributed by atoms with E-state index in [0.29, 0.717) is 6.04 Å². The standard InChI is InChI=1S/C9H19N3/c1-7-5-8(6-7)11-9(10-2)12(3)4/h7-8H,5-6H2,1-4H3,(H,10,11). The second kappa shape index (κ2) is 3.78. The van der Waals surface area contributed by atoms with E-state index in [4.69, 9.17) is 0 Å². The van der Waals surface area contributed by atoms with Crippen LogP contribution in [0.25, 0.3) is 0 Å². The number of guanidine groups is 1. The Bertz CT molecular complexity index is 169. The number of rotatable bonds is 1. The number of nitrogens with one attached hydrogen (secondary N) is 1. The average Bonchev–Trinajstić information content (AvgIpc) is 1.95. The minimum absolute atomic E-state index is 0.654. The molecule has 1 aliphatic carbocycles. The lowest BCUT2D eigenvalue weighted by molar-refractivity contribution is 0.262. The molecule has 3 heteroatoms. The zero-order valence-corrected chi connectivity index (χ0v) is 8.46. The van der Waals surface area contributed by atoms with E-state index in [1.807, 2.05) is 26.0 Å². The topological polar surface area (TPSA) is 27.6 Å². The van der Waals surface area contributed by atoms with Crippen LogP contribution in [-0.4, -0.2) is 38.0 Å². The maximum absolute atomic E-state index is 4.17. The summed E-state index contributed by atoms with van der Waals surface area (Å²) < 4.78 is 0. The third-order valence-electron chi connectivity index (χ3n) is 2.34. The van der Waals surface area contributed by atoms with E-state index in [0.717, 1.165) is 11.9 Å². The first-order valence-corrected chi connectivity index (χ1v) is 4.54. The third-order valence-corrected chi connectivity index (χ3v) is 2.34. The molecular formula is C9H19N3. The molecule has 0 unspecified atom stereocenters. The largest absolute Gasteiger partial charge is 0.354 e. The molecule has 0 amide bonds. The fourth-order valence-corrected chi connectivity index (χ4v) is 1.60. The van der Waals surface area contributed by atoms with Gasteiger partial charge in [0.15, 0.2) is 5.96 Å². The lowest BCUT2D eigenvalue weighted by Gasteiger charge is -2.35. The zero-order chi connectivity index (χ0) is 9.14. The van der Waals surface area contributed by atoms with Gasteiger partial charge >= 0.3 is 0 Å². The van der Waals surface area contributed by atoms with Crippen molar-refractivity contribution in [2.75, 3.05) is 21.1 Å². The van der Waals surface area contributed by atoms with E-state index in [2.05, 4.69) is 17.2 Å². The predicted molar refractivity (Wildman–Crippen MR) is 52.4 cm³/mol. The van der Waals surface area contributed by atoms with Crippen LogP contribution in [0.3, 0.4) is 0 Å². The summed E-state index contributed by atoms with van der Waals surface area (Å²) in [4.78, 5) is 6.18. The quantitative estimate of drug-likeness (QED) is 0.467. The van der Waals surface area contributed by atoms with Crippen molar-refractivity contribution in [1.82, 2.24) is 10.2 Å². The van der Waals surface area contributed by atoms with Gasteiger partial charge in [0.1, 0.15) is 0 Å². The molecule has 0 aromatic rings. The molecule has 1 fully saturated rings. The summed E-state index contributed by atoms with van der Waals surface area (Å²) in [5, 5.41) is 3.41. The van der Waals surface area contributed by atoms with Crippen molar-refractivity contribution in [1.29, 1.82) is 0 Å². The minimum Gasteiger partial charge on any atom is -0.354 e. The van der Waals surface area contributed by atoms with Gasteiger partial charge in [-0.3, -0.25) is 4.99 Å². The molecule has 1 saturated carbocycles. The first-order valence-electron chi connectivity index (χ1n) is 4.54. The van der Waals surface area contributed by atoms with Crippen LogP contribution >= 0.6 is 0 Å². The van der Waals surface area contributed by atoms with Crippen molar-refractivity contribution in [3.05, 3.63) is 0 Å². The Morgan fingerprint density at radius 3 is 2.33 bits per heavy atom. The van der Waals surface area contributed by atoms with Gasteiger partial charge in [0.25, 0.3) is 0 Å². The molecule has 0 spiro atoms. The Labute approximate surface area is 74.9 Å². The van der Waals surface area contributed by atoms with Crippen LogP contribution in [0.5, 0.6) is 0 Å². The number of aliphatic imine (C=N–C) groups is 1. The molecule has 0 heterocycles. The summed E-state index contributed by atoms with van der Waals surface area (Å²) in [6, 6.07) is 0.654. The van der Waals surface area contributed by atoms with Crippen molar-refractivity contribution < 1.29 is 0 Å². The molecule has 0 radical (unpaired) electrons. The fourth-order valence-electron chi connectivity index (χ4n) is 1.60. The van der Waals surface area contributed by atoms with Crippen molar-refractivity contribution in [2.24, 2.45) is 10.9 Å². The molecule has 0 aromatic heterocycles. The maximum atomic E-state index is 4.17. The van der Waals surface area contributed by atoms with Gasteiger partial charge in [0.05, 0.1) is 0 Å². The SMILES string of the molecule is CN=C(NC1CC(C)C1)N(C)C. The van der Waals surface area contributed by atoms with Gasteiger partial charge in [-0.2, -0.15) is 0 Å². The normalized spacial score (nSPS) is 29.5. The lowest BCUT2D eigenvalue weighted by atomic mass is 9.82. The van der Waals surface area contributed by atoms with Crippen LogP contribution in [-0.2, 0) is 0 Å². The van der Waals surface area contributed by atoms with Crippen molar-refractivity contribution >= 4 is 5.96 Å². The van der Waals surface area contributed by atoms with Gasteiger partial charge in [-0.25, -0.2) is 0 Å². The molecule has 0 aliphatic heterocycles. The molecule has 0 aromatic carbocycles. The first kappa shape index (κ1) is 9.36. The molecule has 12 heavy (non-hydrogen) atoms. The fraction of sp³-hybridized carbons (Fsp3) is 0.889. The smallest absolute Gasteiger partial charge is 0.193 e. The number of hydrogen-bond acceptors (Lipinski definition) is 1. The van der Waals surface area contributed by atoms with E-state index < -0.39 is 0 Å². The number of nitrogens with zero attached hydrogens (tertiary/aromatic N) is 2. The van der Waals surface area contributed by atoms with E-state index in [1.54, 1.807) is 0 Å². The summed E-state index contributed by atoms with van der Waals surface area (Å²) in [5.74, 6) is 1.88. The molecule has 1 N–H and O–H groups in total. The molecule has 1 rings (SSSR count). The molecule has 3 nitrogen and oxygen atoms in total. The molecule has 70 valence electrons. The minimum atomic E-state index is 0.654. The van der Waals surface area contributed by atoms with Crippen molar-refractivity contribution in [2.45, 2.75) is 25.8 Å². The maximum Gasteiger partial charge on any atom is 0.193 e. The Morgan fingerprint density at radius 2 is 2.00 bits per heavy atom. The van der Waals surface area contributed by atoms with Crippen LogP contribution in [0.15, 0.2) is 4.99 Å². The Hall–Kier alpha value is -0.730. The van der Waals surface area contributed by atoms with Gasteiger partial charge < -0.3 is 10.2 Å². The van der Waals surface area contributed by atoms with Gasteiger partial charge in [-0.1, -0.05) is 6.92 Å². The molecular weight excluding hydrogens is 150 g/mol. The van der Waals surface area contributed by atoms with Crippen LogP contribution in [0.4, 0.5) is 0 Å². The van der Waals surface area contributed by atoms with Crippen LogP contribution < -0.4 is 5.32 Å². The number of hydrogen-bond donors (Lipinski definition) is 1. The summed E-state index contributed by atoms with van der Waals surface area (Å²) in [6.45, 7) is 2.29. The highest BCUT2D eigenvalue weighted by Crippen LogP contribution is 2.26. The van der Waals surface area contributed by atoms with Gasteiger partial charge in [0, 0.05) is 27.2 Å². The summed E-state index contributed by atoms with van der Waals surface area (Å²) in [6.07, 6.45) is 2.57. The van der Waals surface area contributed by atoms with E-state index in [9.17, 15) is 0 Å². The average molecular weight is 169 g/mol. The molecule has 0 atom stereocenters. The predicted octanol–water partition coefficient (Wildman–Crippen LogP) is 0.922. The Kier molecular flexibility index (Phi) is 2.95. The van der Waals surface area contributed by atoms with Gasteiger partial charge in [-0.05, 0) is 18.8 Å². The van der Waals surface area contributed by atoms with Crippen LogP contribution in [0.2, 0.25) is 0 Å². The van der Waals surface area contributed by atoms with Gasteiger partial charge in [0.2, 0.25) is 0 Å². The Balaban J connectivity index is 2.30. The summed E-state index contributed by atoms with van der Waals surface area (Å²) in [7, 11) is 5.85. The zero-order valence-electron chi connectivity index (χ0n) is 8.46. The first-order chi connectivity index (χ1) is 5.63. The van der Waals surface area contributed by atoms with Crippen LogP contribution in [0, 0.1) is 5.92 Å². The van der Waals surface area contributed by atoms with E-state index in [-0.39, 0.29) is 0 Å². The van der Waals surface area contributed by atoms with E-state index in [1.165, 1.54) is 12.8 Å². The van der Waals surface area contributed by atoms with E-state index >= 15 is 0 Å². The molecule has 1 aliphatic rings. The van der Waals surface area contributed by atoms with Crippen LogP contribution in [0.1, 0.15) is 19.8 Å². The second-order valence-electron chi connectivity index (χ2n) is 3.86. The van der Waals surface area contributed by atoms with Crippen molar-refractivity contribution in [3.8, 4) is 0 Å². The highest BCUT2D eigenvalue weighted by molar-refractivity contribution is 5.79. The Morgan fingerprint density at radius 1 is 1.42 bits per heavy atom. The summed E-state index contributed by atoms with van der Waals surface area (Å²) >= 11 is 0. The molecule has 0 bridgehead atoms. The second-order valence-corrected chi connectivity index (χ2v) is 3.86. The summed E-state index contributed by atoms with van der Waals surface area (Å²) in [5.41, 5.74) is 0. The monoisotopic (exact) mass is 169 g/mol. The molecule has 0 saturated heterocycles. The lowest BCUT2D eigenvalue weighted by Crippen LogP contribution is -2.48. The van der Waals surface area contributed by atoms with Gasteiger partial charge in [-0.15, -0.1) is 0 Å². The highest BCUT2D eigenvalue weighted by atomic mass is 15.3.